The SMILES string of the molecule is CN1C(=O)C2(Cl)CC3C(=CCC4C(=O)N(C5CCN(Cc6ccccc6)CC5)C(=O)C43)C(c3ccccc3OCCO)C2(Cl)C1=O. The third-order valence-corrected chi connectivity index (χ3v) is 12.2. The highest BCUT2D eigenvalue weighted by atomic mass is 35.5. The monoisotopic (exact) mass is 665 g/mol. The number of aliphatic hydroxyl groups excluding tert-OH is 1. The molecule has 2 aromatic carbocycles. The third kappa shape index (κ3) is 4.57. The number of hydrogen-bond acceptors (Lipinski definition) is 7. The van der Waals surface area contributed by atoms with Gasteiger partial charge < -0.3 is 9.84 Å². The number of para-hydroxylation sites is 1. The zero-order valence-electron chi connectivity index (χ0n) is 25.6. The van der Waals surface area contributed by atoms with Crippen LogP contribution in [0.5, 0.6) is 5.75 Å². The lowest BCUT2D eigenvalue weighted by Gasteiger charge is -2.51. The average molecular weight is 667 g/mol. The van der Waals surface area contributed by atoms with E-state index >= 15 is 0 Å². The second kappa shape index (κ2) is 11.8. The number of halogens is 2. The number of ether oxygens (including phenoxy) is 1. The molecule has 3 aliphatic heterocycles. The number of carbonyl (C=O) groups excluding carboxylic acids is 4. The number of allylic oxidation sites excluding steroid dienone is 2. The number of piperidine rings is 1. The van der Waals surface area contributed by atoms with Crippen LogP contribution in [0.2, 0.25) is 0 Å². The molecule has 1 N–H and O–H groups in total. The van der Waals surface area contributed by atoms with Gasteiger partial charge in [-0.25, -0.2) is 0 Å². The Bertz CT molecular complexity index is 1610. The highest BCUT2D eigenvalue weighted by molar-refractivity contribution is 6.53. The van der Waals surface area contributed by atoms with Gasteiger partial charge in [0.05, 0.1) is 18.4 Å². The average Bonchev–Trinajstić information content (AvgIpc) is 3.39. The van der Waals surface area contributed by atoms with Gasteiger partial charge in [-0.2, -0.15) is 0 Å². The third-order valence-electron chi connectivity index (χ3n) is 10.8. The van der Waals surface area contributed by atoms with Crippen molar-refractivity contribution in [1.29, 1.82) is 0 Å². The summed E-state index contributed by atoms with van der Waals surface area (Å²) in [7, 11) is 1.37. The zero-order chi connectivity index (χ0) is 32.4. The summed E-state index contributed by atoms with van der Waals surface area (Å²) in [5.74, 6) is -4.01. The largest absolute Gasteiger partial charge is 0.491 e. The number of fused-ring (bicyclic) bond motifs is 4. The molecular formula is C35H37Cl2N3O6. The Hall–Kier alpha value is -3.24. The van der Waals surface area contributed by atoms with E-state index in [1.807, 2.05) is 24.3 Å². The number of imide groups is 2. The van der Waals surface area contributed by atoms with Crippen molar-refractivity contribution in [3.63, 3.8) is 0 Å². The predicted molar refractivity (Wildman–Crippen MR) is 171 cm³/mol. The number of aliphatic hydroxyl groups is 1. The highest BCUT2D eigenvalue weighted by Crippen LogP contribution is 2.66. The smallest absolute Gasteiger partial charge is 0.253 e. The van der Waals surface area contributed by atoms with Crippen molar-refractivity contribution >= 4 is 46.8 Å². The fourth-order valence-electron chi connectivity index (χ4n) is 8.66. The predicted octanol–water partition coefficient (Wildman–Crippen LogP) is 3.71. The van der Waals surface area contributed by atoms with Crippen LogP contribution >= 0.6 is 23.2 Å². The Morgan fingerprint density at radius 2 is 1.61 bits per heavy atom. The van der Waals surface area contributed by atoms with E-state index < -0.39 is 45.2 Å². The van der Waals surface area contributed by atoms with Crippen molar-refractivity contribution in [2.75, 3.05) is 33.4 Å². The first-order valence-corrected chi connectivity index (χ1v) is 16.7. The molecule has 0 radical (unpaired) electrons. The maximum absolute atomic E-state index is 14.4. The Labute approximate surface area is 278 Å². The summed E-state index contributed by atoms with van der Waals surface area (Å²) < 4.78 is 5.88. The minimum atomic E-state index is -1.88. The van der Waals surface area contributed by atoms with Crippen molar-refractivity contribution in [1.82, 2.24) is 14.7 Å². The first-order valence-electron chi connectivity index (χ1n) is 16.0. The van der Waals surface area contributed by atoms with E-state index in [0.717, 1.165) is 30.1 Å². The molecule has 46 heavy (non-hydrogen) atoms. The Balaban J connectivity index is 1.22. The topological polar surface area (TPSA) is 107 Å². The van der Waals surface area contributed by atoms with Gasteiger partial charge in [-0.3, -0.25) is 33.9 Å². The number of rotatable bonds is 7. The second-order valence-corrected chi connectivity index (χ2v) is 14.4. The molecule has 4 amide bonds. The molecule has 2 aliphatic carbocycles. The molecule has 6 atom stereocenters. The Morgan fingerprint density at radius 3 is 2.33 bits per heavy atom. The van der Waals surface area contributed by atoms with Gasteiger partial charge in [0.2, 0.25) is 11.8 Å². The number of alkyl halides is 2. The van der Waals surface area contributed by atoms with Gasteiger partial charge >= 0.3 is 0 Å². The number of nitrogens with zero attached hydrogens (tertiary/aromatic N) is 3. The van der Waals surface area contributed by atoms with Crippen LogP contribution in [0, 0.1) is 17.8 Å². The van der Waals surface area contributed by atoms with Crippen molar-refractivity contribution in [2.45, 2.75) is 53.9 Å². The lowest BCUT2D eigenvalue weighted by molar-refractivity contribution is -0.144. The molecule has 11 heteroatoms. The summed E-state index contributed by atoms with van der Waals surface area (Å²) in [4.78, 5) is 57.1. The maximum Gasteiger partial charge on any atom is 0.253 e. The minimum absolute atomic E-state index is 0.0110. The van der Waals surface area contributed by atoms with Gasteiger partial charge in [0, 0.05) is 44.2 Å². The first-order chi connectivity index (χ1) is 22.1. The van der Waals surface area contributed by atoms with E-state index in [2.05, 4.69) is 17.0 Å². The van der Waals surface area contributed by atoms with Crippen LogP contribution < -0.4 is 4.74 Å². The van der Waals surface area contributed by atoms with E-state index in [4.69, 9.17) is 27.9 Å². The first kappa shape index (κ1) is 31.4. The summed E-state index contributed by atoms with van der Waals surface area (Å²) in [6.45, 7) is 2.15. The molecule has 1 saturated carbocycles. The van der Waals surface area contributed by atoms with Gasteiger partial charge in [0.15, 0.2) is 9.75 Å². The number of likely N-dealkylation sites (tertiary alicyclic amines) is 3. The lowest BCUT2D eigenvalue weighted by atomic mass is 9.56. The van der Waals surface area contributed by atoms with Crippen molar-refractivity contribution in [2.24, 2.45) is 17.8 Å². The molecule has 2 aromatic rings. The maximum atomic E-state index is 14.4. The van der Waals surface area contributed by atoms with E-state index in [1.165, 1.54) is 17.5 Å². The normalized spacial score (nSPS) is 33.2. The Morgan fingerprint density at radius 1 is 0.913 bits per heavy atom. The summed E-state index contributed by atoms with van der Waals surface area (Å²) in [5, 5.41) is 9.47. The van der Waals surface area contributed by atoms with Gasteiger partial charge in [0.25, 0.3) is 11.8 Å². The minimum Gasteiger partial charge on any atom is -0.491 e. The van der Waals surface area contributed by atoms with Crippen LogP contribution in [0.4, 0.5) is 0 Å². The molecule has 7 rings (SSSR count). The summed E-state index contributed by atoms with van der Waals surface area (Å²) >= 11 is 14.6. The molecule has 242 valence electrons. The van der Waals surface area contributed by atoms with E-state index in [-0.39, 0.29) is 37.5 Å². The molecule has 5 aliphatic rings. The van der Waals surface area contributed by atoms with Crippen molar-refractivity contribution in [3.05, 3.63) is 77.4 Å². The summed E-state index contributed by atoms with van der Waals surface area (Å²) in [5.41, 5.74) is 2.50. The molecule has 6 unspecified atom stereocenters. The number of carbonyl (C=O) groups is 4. The molecule has 0 aromatic heterocycles. The molecule has 0 bridgehead atoms. The Kier molecular flexibility index (Phi) is 8.03. The molecule has 9 nitrogen and oxygen atoms in total. The van der Waals surface area contributed by atoms with Crippen LogP contribution in [0.15, 0.2) is 66.2 Å². The second-order valence-electron chi connectivity index (χ2n) is 13.1. The van der Waals surface area contributed by atoms with Crippen LogP contribution in [-0.4, -0.2) is 92.6 Å². The zero-order valence-corrected chi connectivity index (χ0v) is 27.1. The van der Waals surface area contributed by atoms with E-state index in [1.54, 1.807) is 24.3 Å². The molecule has 4 fully saturated rings. The highest BCUT2D eigenvalue weighted by Gasteiger charge is 2.76. The summed E-state index contributed by atoms with van der Waals surface area (Å²) in [6, 6.07) is 17.1. The lowest BCUT2D eigenvalue weighted by Crippen LogP contribution is -2.60. The fourth-order valence-corrected chi connectivity index (χ4v) is 9.67. The number of benzene rings is 2. The van der Waals surface area contributed by atoms with Crippen molar-refractivity contribution < 1.29 is 29.0 Å². The molecular weight excluding hydrogens is 629 g/mol. The number of amides is 4. The number of hydrogen-bond donors (Lipinski definition) is 1. The van der Waals surface area contributed by atoms with Gasteiger partial charge in [-0.05, 0) is 43.2 Å². The molecule has 3 saturated heterocycles. The van der Waals surface area contributed by atoms with E-state index in [0.29, 0.717) is 30.6 Å². The standard InChI is InChI=1S/C35H37Cl2N3O6/c1-38-32(44)34(36)19-26-23(29(35(34,37)33(38)45)24-9-5-6-10-27(24)46-18-17-41)11-12-25-28(26)31(43)40(30(25)42)22-13-15-39(16-14-22)20-21-7-3-2-4-8-21/h2-11,22,25-26,28-29,41H,12-20H2,1H3. The molecule has 0 spiro atoms. The van der Waals surface area contributed by atoms with Crippen LogP contribution in [0.25, 0.3) is 0 Å². The van der Waals surface area contributed by atoms with E-state index in [9.17, 15) is 24.3 Å². The molecule has 3 heterocycles. The van der Waals surface area contributed by atoms with Gasteiger partial charge in [-0.15, -0.1) is 23.2 Å². The van der Waals surface area contributed by atoms with Crippen molar-refractivity contribution in [3.8, 4) is 5.75 Å². The van der Waals surface area contributed by atoms with Gasteiger partial charge in [0.1, 0.15) is 12.4 Å². The van der Waals surface area contributed by atoms with Gasteiger partial charge in [-0.1, -0.05) is 60.2 Å². The summed E-state index contributed by atoms with van der Waals surface area (Å²) in [6.07, 6.45) is 3.59. The van der Waals surface area contributed by atoms with Crippen LogP contribution in [-0.2, 0) is 25.7 Å². The quantitative estimate of drug-likeness (QED) is 0.273. The van der Waals surface area contributed by atoms with Crippen LogP contribution in [0.1, 0.15) is 42.7 Å². The van der Waals surface area contributed by atoms with Crippen LogP contribution in [0.3, 0.4) is 0 Å². The fraction of sp³-hybridized carbons (Fsp3) is 0.486.